The molecule has 1 aromatic heterocycles. The van der Waals surface area contributed by atoms with Crippen molar-refractivity contribution < 1.29 is 13.2 Å². The molecule has 7 nitrogen and oxygen atoms in total. The van der Waals surface area contributed by atoms with E-state index in [1.54, 1.807) is 12.1 Å². The maximum atomic E-state index is 13.4. The van der Waals surface area contributed by atoms with Crippen LogP contribution >= 0.6 is 11.3 Å². The molecule has 2 aromatic rings. The molecular weight excluding hydrogens is 444 g/mol. The Morgan fingerprint density at radius 3 is 2.28 bits per heavy atom. The number of aromatic nitrogens is 2. The quantitative estimate of drug-likeness (QED) is 0.624. The Hall–Kier alpha value is -2.00. The highest BCUT2D eigenvalue weighted by molar-refractivity contribution is 7.93. The number of carbonyl (C=O) groups excluding carboxylic acids is 1. The summed E-state index contributed by atoms with van der Waals surface area (Å²) in [6, 6.07) is 6.35. The van der Waals surface area contributed by atoms with Crippen molar-refractivity contribution in [3.05, 3.63) is 29.3 Å². The van der Waals surface area contributed by atoms with Crippen LogP contribution in [-0.4, -0.2) is 24.5 Å². The first-order chi connectivity index (χ1) is 15.0. The van der Waals surface area contributed by atoms with Crippen LogP contribution in [-0.2, 0) is 21.2 Å². The summed E-state index contributed by atoms with van der Waals surface area (Å²) in [5.74, 6) is 0.730. The Balaban J connectivity index is 1.30. The Morgan fingerprint density at radius 2 is 1.72 bits per heavy atom. The van der Waals surface area contributed by atoms with E-state index in [4.69, 9.17) is 0 Å². The van der Waals surface area contributed by atoms with Gasteiger partial charge in [-0.05, 0) is 86.0 Å². The van der Waals surface area contributed by atoms with Gasteiger partial charge in [0, 0.05) is 5.69 Å². The van der Waals surface area contributed by atoms with Gasteiger partial charge in [-0.2, -0.15) is 0 Å². The van der Waals surface area contributed by atoms with Crippen molar-refractivity contribution in [1.29, 1.82) is 0 Å². The van der Waals surface area contributed by atoms with Gasteiger partial charge < -0.3 is 5.32 Å². The molecule has 0 spiro atoms. The molecule has 4 saturated carbocycles. The number of nitrogens with one attached hydrogen (secondary N) is 2. The van der Waals surface area contributed by atoms with Crippen LogP contribution in [0.5, 0.6) is 0 Å². The van der Waals surface area contributed by atoms with Crippen LogP contribution in [0.1, 0.15) is 64.3 Å². The van der Waals surface area contributed by atoms with Gasteiger partial charge in [0.15, 0.2) is 0 Å². The van der Waals surface area contributed by atoms with Gasteiger partial charge in [-0.1, -0.05) is 32.1 Å². The third kappa shape index (κ3) is 3.83. The fourth-order valence-electron chi connectivity index (χ4n) is 7.29. The van der Waals surface area contributed by atoms with E-state index < -0.39 is 10.0 Å². The highest BCUT2D eigenvalue weighted by Crippen LogP contribution is 2.69. The first-order valence-electron chi connectivity index (χ1n) is 11.3. The van der Waals surface area contributed by atoms with Gasteiger partial charge in [0.2, 0.25) is 11.0 Å². The maximum absolute atomic E-state index is 13.4. The number of nitrogens with zero attached hydrogens (tertiary/aromatic N) is 2. The van der Waals surface area contributed by atoms with Gasteiger partial charge >= 0.3 is 0 Å². The maximum Gasteiger partial charge on any atom is 0.263 e. The molecule has 9 heteroatoms. The molecule has 4 aliphatic rings. The second-order valence-electron chi connectivity index (χ2n) is 10.8. The SMILES string of the molecule is CCc1nnc(NS(=O)(=O)c2ccc(NC(=O)C34CC5C[C@](C)(C3)C[C@](C)(C5)C4)cc2)s1. The third-order valence-corrected chi connectivity index (χ3v) is 9.99. The summed E-state index contributed by atoms with van der Waals surface area (Å²) in [6.07, 6.45) is 7.29. The number of hydrogen-bond acceptors (Lipinski definition) is 6. The van der Waals surface area contributed by atoms with E-state index in [0.717, 1.165) is 24.3 Å². The summed E-state index contributed by atoms with van der Waals surface area (Å²) >= 11 is 1.22. The molecule has 0 unspecified atom stereocenters. The number of anilines is 2. The molecular formula is C23H30N4O3S2. The van der Waals surface area contributed by atoms with E-state index in [9.17, 15) is 13.2 Å². The van der Waals surface area contributed by atoms with Crippen LogP contribution in [0, 0.1) is 22.2 Å². The molecule has 4 aliphatic carbocycles. The number of benzene rings is 1. The van der Waals surface area contributed by atoms with E-state index in [1.807, 2.05) is 6.92 Å². The van der Waals surface area contributed by atoms with Crippen molar-refractivity contribution in [1.82, 2.24) is 10.2 Å². The molecule has 32 heavy (non-hydrogen) atoms. The monoisotopic (exact) mass is 474 g/mol. The van der Waals surface area contributed by atoms with Crippen molar-refractivity contribution in [2.75, 3.05) is 10.0 Å². The van der Waals surface area contributed by atoms with E-state index in [-0.39, 0.29) is 32.2 Å². The van der Waals surface area contributed by atoms with Crippen molar-refractivity contribution in [2.24, 2.45) is 22.2 Å². The van der Waals surface area contributed by atoms with Gasteiger partial charge in [-0.3, -0.25) is 9.52 Å². The van der Waals surface area contributed by atoms with Crippen molar-refractivity contribution in [3.8, 4) is 0 Å². The van der Waals surface area contributed by atoms with Crippen LogP contribution in [0.2, 0.25) is 0 Å². The smallest absolute Gasteiger partial charge is 0.263 e. The molecule has 4 bridgehead atoms. The van der Waals surface area contributed by atoms with Gasteiger partial charge in [0.1, 0.15) is 5.01 Å². The van der Waals surface area contributed by atoms with Crippen molar-refractivity contribution in [2.45, 2.75) is 70.6 Å². The molecule has 1 heterocycles. The first-order valence-corrected chi connectivity index (χ1v) is 13.6. The van der Waals surface area contributed by atoms with E-state index >= 15 is 0 Å². The summed E-state index contributed by atoms with van der Waals surface area (Å²) in [6.45, 7) is 6.65. The molecule has 0 saturated heterocycles. The molecule has 0 radical (unpaired) electrons. The summed E-state index contributed by atoms with van der Waals surface area (Å²) in [5, 5.41) is 11.9. The minimum atomic E-state index is -3.76. The van der Waals surface area contributed by atoms with Crippen LogP contribution < -0.4 is 10.0 Å². The average molecular weight is 475 g/mol. The lowest BCUT2D eigenvalue weighted by Crippen LogP contribution is -2.58. The number of rotatable bonds is 6. The fraction of sp³-hybridized carbons (Fsp3) is 0.609. The second kappa shape index (κ2) is 7.25. The zero-order chi connectivity index (χ0) is 22.8. The Kier molecular flexibility index (Phi) is 4.94. The predicted molar refractivity (Wildman–Crippen MR) is 125 cm³/mol. The van der Waals surface area contributed by atoms with Crippen LogP contribution in [0.4, 0.5) is 10.8 Å². The summed E-state index contributed by atoms with van der Waals surface area (Å²) in [4.78, 5) is 13.6. The average Bonchev–Trinajstić information content (AvgIpc) is 3.12. The fourth-order valence-corrected chi connectivity index (χ4v) is 9.20. The standard InChI is InChI=1S/C23H30N4O3S2/c1-4-18-25-26-20(31-18)27-32(29,30)17-7-5-16(6-8-17)24-19(28)23-11-15-9-21(2,13-23)12-22(3,10-15)14-23/h5-8,15H,4,9-14H2,1-3H3,(H,24,28)(H,26,27)/t15?,21-,22-,23?/m0/s1. The third-order valence-electron chi connectivity index (χ3n) is 7.52. The summed E-state index contributed by atoms with van der Waals surface area (Å²) in [5.41, 5.74) is 0.850. The van der Waals surface area contributed by atoms with Gasteiger partial charge in [-0.25, -0.2) is 8.42 Å². The Bertz CT molecular complexity index is 1140. The van der Waals surface area contributed by atoms with Gasteiger partial charge in [0.05, 0.1) is 10.3 Å². The minimum absolute atomic E-state index is 0.0914. The molecule has 6 rings (SSSR count). The second-order valence-corrected chi connectivity index (χ2v) is 13.6. The van der Waals surface area contributed by atoms with E-state index in [2.05, 4.69) is 34.1 Å². The van der Waals surface area contributed by atoms with E-state index in [1.165, 1.54) is 42.7 Å². The van der Waals surface area contributed by atoms with E-state index in [0.29, 0.717) is 18.0 Å². The summed E-state index contributed by atoms with van der Waals surface area (Å²) < 4.78 is 27.8. The molecule has 2 atom stereocenters. The summed E-state index contributed by atoms with van der Waals surface area (Å²) in [7, 11) is -3.76. The normalized spacial score (nSPS) is 33.3. The molecule has 1 aromatic carbocycles. The van der Waals surface area contributed by atoms with Crippen molar-refractivity contribution in [3.63, 3.8) is 0 Å². The lowest BCUT2D eigenvalue weighted by atomic mass is 9.40. The highest BCUT2D eigenvalue weighted by atomic mass is 32.2. The topological polar surface area (TPSA) is 101 Å². The molecule has 4 fully saturated rings. The van der Waals surface area contributed by atoms with Gasteiger partial charge in [0.25, 0.3) is 10.0 Å². The minimum Gasteiger partial charge on any atom is -0.326 e. The molecule has 0 aliphatic heterocycles. The molecule has 172 valence electrons. The lowest BCUT2D eigenvalue weighted by molar-refractivity contribution is -0.165. The Labute approximate surface area is 193 Å². The Morgan fingerprint density at radius 1 is 1.06 bits per heavy atom. The molecule has 2 N–H and O–H groups in total. The number of carbonyl (C=O) groups is 1. The van der Waals surface area contributed by atoms with Crippen LogP contribution in [0.15, 0.2) is 29.2 Å². The first kappa shape index (κ1) is 21.8. The highest BCUT2D eigenvalue weighted by Gasteiger charge is 2.62. The molecule has 1 amide bonds. The van der Waals surface area contributed by atoms with Crippen LogP contribution in [0.3, 0.4) is 0 Å². The zero-order valence-electron chi connectivity index (χ0n) is 18.8. The number of hydrogen-bond donors (Lipinski definition) is 2. The number of aryl methyl sites for hydroxylation is 1. The van der Waals surface area contributed by atoms with Crippen molar-refractivity contribution >= 4 is 38.1 Å². The van der Waals surface area contributed by atoms with Gasteiger partial charge in [-0.15, -0.1) is 10.2 Å². The van der Waals surface area contributed by atoms with Crippen LogP contribution in [0.25, 0.3) is 0 Å². The number of amides is 1. The largest absolute Gasteiger partial charge is 0.326 e. The number of sulfonamides is 1. The zero-order valence-corrected chi connectivity index (χ0v) is 20.4. The predicted octanol–water partition coefficient (Wildman–Crippen LogP) is 4.84. The lowest BCUT2D eigenvalue weighted by Gasteiger charge is -2.64.